The highest BCUT2D eigenvalue weighted by atomic mass is 16.6. The third-order valence-corrected chi connectivity index (χ3v) is 4.69. The van der Waals surface area contributed by atoms with E-state index in [0.717, 1.165) is 16.1 Å². The molecule has 2 atom stereocenters. The van der Waals surface area contributed by atoms with Gasteiger partial charge in [-0.25, -0.2) is 20.0 Å². The number of nitrogens with zero attached hydrogens (tertiary/aromatic N) is 2. The topological polar surface area (TPSA) is 111 Å². The molecular weight excluding hydrogens is 402 g/mol. The third-order valence-electron chi connectivity index (χ3n) is 4.69. The van der Waals surface area contributed by atoms with Gasteiger partial charge in [-0.3, -0.25) is 10.1 Å². The van der Waals surface area contributed by atoms with E-state index in [1.807, 2.05) is 48.5 Å². The van der Waals surface area contributed by atoms with Gasteiger partial charge in [0.2, 0.25) is 6.54 Å². The van der Waals surface area contributed by atoms with Crippen molar-refractivity contribution in [2.24, 2.45) is 5.92 Å². The van der Waals surface area contributed by atoms with E-state index in [-0.39, 0.29) is 25.7 Å². The Morgan fingerprint density at radius 2 is 1.55 bits per heavy atom. The van der Waals surface area contributed by atoms with E-state index < -0.39 is 23.2 Å². The maximum Gasteiger partial charge on any atom is 0.429 e. The molecule has 9 heteroatoms. The minimum Gasteiger partial charge on any atom is -0.443 e. The minimum atomic E-state index is -0.827. The van der Waals surface area contributed by atoms with Crippen molar-refractivity contribution in [2.45, 2.75) is 25.7 Å². The van der Waals surface area contributed by atoms with Crippen LogP contribution in [0.1, 0.15) is 17.5 Å². The predicted octanol–water partition coefficient (Wildman–Crippen LogP) is 3.69. The number of amides is 2. The second-order valence-electron chi connectivity index (χ2n) is 7.05. The van der Waals surface area contributed by atoms with Crippen LogP contribution in [0, 0.1) is 16.0 Å². The fourth-order valence-electron chi connectivity index (χ4n) is 3.18. The van der Waals surface area contributed by atoms with Crippen LogP contribution in [0.25, 0.3) is 0 Å². The van der Waals surface area contributed by atoms with Crippen LogP contribution in [0.3, 0.4) is 0 Å². The summed E-state index contributed by atoms with van der Waals surface area (Å²) in [5, 5.41) is 11.8. The number of rotatable bonds is 7. The molecule has 1 N–H and O–H groups in total. The number of ether oxygens (including phenoxy) is 2. The fourth-order valence-corrected chi connectivity index (χ4v) is 3.18. The zero-order valence-corrected chi connectivity index (χ0v) is 16.8. The molecule has 0 fully saturated rings. The van der Waals surface area contributed by atoms with Gasteiger partial charge in [0.05, 0.1) is 6.04 Å². The molecule has 1 aliphatic carbocycles. The highest BCUT2D eigenvalue weighted by Gasteiger charge is 2.32. The first kappa shape index (κ1) is 21.8. The molecule has 0 bridgehead atoms. The van der Waals surface area contributed by atoms with E-state index in [0.29, 0.717) is 6.42 Å². The molecule has 1 aliphatic rings. The van der Waals surface area contributed by atoms with E-state index >= 15 is 0 Å². The van der Waals surface area contributed by atoms with Crippen molar-refractivity contribution in [3.63, 3.8) is 0 Å². The van der Waals surface area contributed by atoms with E-state index in [1.54, 1.807) is 24.3 Å². The number of carbonyl (C=O) groups is 2. The smallest absolute Gasteiger partial charge is 0.429 e. The first-order chi connectivity index (χ1) is 15.0. The van der Waals surface area contributed by atoms with Crippen molar-refractivity contribution >= 4 is 12.2 Å². The standard InChI is InChI=1S/C22H23N3O6/c26-21(30-15-17-7-3-1-4-8-17)23-25(20-12-11-19(13-20)14-24(28)29)22(27)31-16-18-9-5-2-6-10-18/h1-12,19-20H,13-16H2,(H,23,26)/t19-,20+/m1/s1. The van der Waals surface area contributed by atoms with Crippen LogP contribution in [-0.4, -0.2) is 34.7 Å². The largest absolute Gasteiger partial charge is 0.443 e. The SMILES string of the molecule is O=C(NN(C(=O)OCc1ccccc1)[C@H]1C=C[C@@H](C[N+](=O)[O-])C1)OCc1ccccc1. The van der Waals surface area contributed by atoms with Crippen molar-refractivity contribution < 1.29 is 24.0 Å². The summed E-state index contributed by atoms with van der Waals surface area (Å²) in [6.07, 6.45) is 2.00. The summed E-state index contributed by atoms with van der Waals surface area (Å²) in [7, 11) is 0. The lowest BCUT2D eigenvalue weighted by molar-refractivity contribution is -0.485. The highest BCUT2D eigenvalue weighted by Crippen LogP contribution is 2.22. The second kappa shape index (κ2) is 10.8. The van der Waals surface area contributed by atoms with E-state index in [4.69, 9.17) is 9.47 Å². The van der Waals surface area contributed by atoms with Crippen molar-refractivity contribution in [3.05, 3.63) is 94.1 Å². The Bertz CT molecular complexity index is 919. The van der Waals surface area contributed by atoms with Gasteiger partial charge in [-0.2, -0.15) is 0 Å². The summed E-state index contributed by atoms with van der Waals surface area (Å²) in [6, 6.07) is 17.6. The number of benzene rings is 2. The Labute approximate surface area is 179 Å². The summed E-state index contributed by atoms with van der Waals surface area (Å²) >= 11 is 0. The maximum atomic E-state index is 12.7. The van der Waals surface area contributed by atoms with Gasteiger partial charge in [0.15, 0.2) is 0 Å². The van der Waals surface area contributed by atoms with Crippen LogP contribution in [0.4, 0.5) is 9.59 Å². The van der Waals surface area contributed by atoms with Crippen LogP contribution in [0.5, 0.6) is 0 Å². The Hall–Kier alpha value is -3.88. The van der Waals surface area contributed by atoms with Crippen LogP contribution in [0.2, 0.25) is 0 Å². The average molecular weight is 425 g/mol. The zero-order valence-electron chi connectivity index (χ0n) is 16.8. The molecule has 31 heavy (non-hydrogen) atoms. The van der Waals surface area contributed by atoms with Crippen molar-refractivity contribution in [2.75, 3.05) is 6.54 Å². The molecule has 2 amide bonds. The van der Waals surface area contributed by atoms with Gasteiger partial charge in [0, 0.05) is 10.8 Å². The first-order valence-electron chi connectivity index (χ1n) is 9.78. The molecule has 2 aromatic rings. The molecule has 0 saturated heterocycles. The van der Waals surface area contributed by atoms with E-state index in [1.165, 1.54) is 0 Å². The molecule has 3 rings (SSSR count). The Kier molecular flexibility index (Phi) is 7.58. The number of carbonyl (C=O) groups excluding carboxylic acids is 2. The van der Waals surface area contributed by atoms with Gasteiger partial charge in [0.25, 0.3) is 0 Å². The highest BCUT2D eigenvalue weighted by molar-refractivity contribution is 5.74. The van der Waals surface area contributed by atoms with Gasteiger partial charge in [-0.15, -0.1) is 0 Å². The number of nitrogens with one attached hydrogen (secondary N) is 1. The molecule has 0 radical (unpaired) electrons. The molecule has 0 unspecified atom stereocenters. The second-order valence-corrected chi connectivity index (χ2v) is 7.05. The third kappa shape index (κ3) is 6.84. The van der Waals surface area contributed by atoms with Crippen LogP contribution < -0.4 is 5.43 Å². The maximum absolute atomic E-state index is 12.7. The van der Waals surface area contributed by atoms with E-state index in [2.05, 4.69) is 5.43 Å². The molecular formula is C22H23N3O6. The molecule has 0 saturated carbocycles. The summed E-state index contributed by atoms with van der Waals surface area (Å²) < 4.78 is 10.5. The minimum absolute atomic E-state index is 0.0195. The molecule has 0 heterocycles. The summed E-state index contributed by atoms with van der Waals surface area (Å²) in [5.41, 5.74) is 4.00. The first-order valence-corrected chi connectivity index (χ1v) is 9.78. The molecule has 0 aliphatic heterocycles. The molecule has 0 aromatic heterocycles. The number of hydrazine groups is 1. The lowest BCUT2D eigenvalue weighted by Gasteiger charge is -2.27. The number of hydrogen-bond acceptors (Lipinski definition) is 6. The number of nitro groups is 1. The normalized spacial score (nSPS) is 17.0. The van der Waals surface area contributed by atoms with Crippen molar-refractivity contribution in [3.8, 4) is 0 Å². The lowest BCUT2D eigenvalue weighted by Crippen LogP contribution is -2.51. The lowest BCUT2D eigenvalue weighted by atomic mass is 10.1. The monoisotopic (exact) mass is 425 g/mol. The fraction of sp³-hybridized carbons (Fsp3) is 0.273. The molecule has 162 valence electrons. The summed E-state index contributed by atoms with van der Waals surface area (Å²) in [5.74, 6) is -0.341. The Balaban J connectivity index is 1.62. The molecule has 2 aromatic carbocycles. The van der Waals surface area contributed by atoms with Crippen molar-refractivity contribution in [1.29, 1.82) is 0 Å². The van der Waals surface area contributed by atoms with Crippen LogP contribution in [-0.2, 0) is 22.7 Å². The van der Waals surface area contributed by atoms with Crippen LogP contribution in [0.15, 0.2) is 72.8 Å². The van der Waals surface area contributed by atoms with Gasteiger partial charge in [-0.05, 0) is 17.5 Å². The van der Waals surface area contributed by atoms with E-state index in [9.17, 15) is 19.7 Å². The summed E-state index contributed by atoms with van der Waals surface area (Å²) in [4.78, 5) is 35.4. The number of hydrogen-bond donors (Lipinski definition) is 1. The Morgan fingerprint density at radius 1 is 0.968 bits per heavy atom. The van der Waals surface area contributed by atoms with Crippen molar-refractivity contribution in [1.82, 2.24) is 10.4 Å². The van der Waals surface area contributed by atoms with Gasteiger partial charge in [-0.1, -0.05) is 72.8 Å². The zero-order chi connectivity index (χ0) is 22.1. The van der Waals surface area contributed by atoms with Gasteiger partial charge in [0.1, 0.15) is 13.2 Å². The van der Waals surface area contributed by atoms with Gasteiger partial charge < -0.3 is 9.47 Å². The van der Waals surface area contributed by atoms with Crippen LogP contribution >= 0.6 is 0 Å². The quantitative estimate of drug-likeness (QED) is 0.411. The Morgan fingerprint density at radius 3 is 2.13 bits per heavy atom. The molecule has 9 nitrogen and oxygen atoms in total. The predicted molar refractivity (Wildman–Crippen MR) is 111 cm³/mol. The molecule has 0 spiro atoms. The van der Waals surface area contributed by atoms with Gasteiger partial charge >= 0.3 is 12.2 Å². The summed E-state index contributed by atoms with van der Waals surface area (Å²) in [6.45, 7) is -0.200. The average Bonchev–Trinajstić information content (AvgIpc) is 3.23.